The first kappa shape index (κ1) is 21.0. The molecule has 2 N–H and O–H groups in total. The van der Waals surface area contributed by atoms with Gasteiger partial charge in [0.2, 0.25) is 15.9 Å². The van der Waals surface area contributed by atoms with Crippen LogP contribution in [0, 0.1) is 11.3 Å². The Hall–Kier alpha value is -2.73. The van der Waals surface area contributed by atoms with E-state index in [0.29, 0.717) is 6.54 Å². The van der Waals surface area contributed by atoms with Crippen LogP contribution >= 0.6 is 0 Å². The van der Waals surface area contributed by atoms with Crippen LogP contribution in [0.15, 0.2) is 53.4 Å². The molecular formula is C21H24N4O3S. The van der Waals surface area contributed by atoms with Crippen molar-refractivity contribution in [2.45, 2.75) is 30.8 Å². The van der Waals surface area contributed by atoms with Gasteiger partial charge in [-0.1, -0.05) is 36.4 Å². The molecule has 0 saturated carbocycles. The fourth-order valence-corrected chi connectivity index (χ4v) is 4.39. The largest absolute Gasteiger partial charge is 0.351 e. The van der Waals surface area contributed by atoms with E-state index in [-0.39, 0.29) is 10.5 Å². The number of rotatable bonds is 8. The first-order valence-corrected chi connectivity index (χ1v) is 11.0. The van der Waals surface area contributed by atoms with Crippen LogP contribution in [0.2, 0.25) is 0 Å². The second-order valence-electron chi connectivity index (χ2n) is 7.01. The molecule has 0 aromatic heterocycles. The van der Waals surface area contributed by atoms with Crippen LogP contribution in [0.4, 0.5) is 0 Å². The summed E-state index contributed by atoms with van der Waals surface area (Å²) in [7, 11) is -3.94. The van der Waals surface area contributed by atoms with E-state index in [1.54, 1.807) is 6.07 Å². The Bertz CT molecular complexity index is 991. The highest BCUT2D eigenvalue weighted by atomic mass is 32.2. The third-order valence-electron chi connectivity index (χ3n) is 4.84. The average molecular weight is 413 g/mol. The summed E-state index contributed by atoms with van der Waals surface area (Å²) in [6.07, 6.45) is 2.52. The maximum Gasteiger partial charge on any atom is 0.242 e. The molecule has 1 saturated heterocycles. The van der Waals surface area contributed by atoms with Crippen molar-refractivity contribution < 1.29 is 13.2 Å². The second kappa shape index (κ2) is 9.65. The lowest BCUT2D eigenvalue weighted by atomic mass is 10.1. The molecule has 1 amide bonds. The summed E-state index contributed by atoms with van der Waals surface area (Å²) >= 11 is 0. The van der Waals surface area contributed by atoms with E-state index in [2.05, 4.69) is 27.1 Å². The first-order chi connectivity index (χ1) is 14.0. The Morgan fingerprint density at radius 2 is 1.69 bits per heavy atom. The molecule has 0 spiro atoms. The molecule has 1 heterocycles. The Morgan fingerprint density at radius 3 is 2.38 bits per heavy atom. The number of nitrogens with one attached hydrogen (secondary N) is 2. The van der Waals surface area contributed by atoms with Gasteiger partial charge in [0.1, 0.15) is 6.07 Å². The molecule has 2 aromatic rings. The molecule has 0 unspecified atom stereocenters. The van der Waals surface area contributed by atoms with Gasteiger partial charge in [0.05, 0.1) is 17.0 Å². The molecule has 29 heavy (non-hydrogen) atoms. The zero-order valence-electron chi connectivity index (χ0n) is 16.1. The molecule has 1 fully saturated rings. The molecule has 1 aliphatic rings. The SMILES string of the molecule is N#Cc1ccccc1S(=O)(=O)NCC(=O)NCc1ccc(CN2CCCC2)cc1. The van der Waals surface area contributed by atoms with E-state index < -0.39 is 22.5 Å². The molecule has 0 atom stereocenters. The lowest BCUT2D eigenvalue weighted by Gasteiger charge is -2.14. The van der Waals surface area contributed by atoms with Crippen molar-refractivity contribution in [2.75, 3.05) is 19.6 Å². The third kappa shape index (κ3) is 5.87. The standard InChI is InChI=1S/C21H24N4O3S/c22-13-19-5-1-2-6-20(19)29(27,28)24-15-21(26)23-14-17-7-9-18(10-8-17)16-25-11-3-4-12-25/h1-2,5-10,24H,3-4,11-12,14-16H2,(H,23,26). The van der Waals surface area contributed by atoms with Crippen LogP contribution in [-0.2, 0) is 27.9 Å². The summed E-state index contributed by atoms with van der Waals surface area (Å²) in [4.78, 5) is 14.3. The number of benzene rings is 2. The number of carbonyl (C=O) groups is 1. The molecule has 3 rings (SSSR count). The minimum atomic E-state index is -3.94. The minimum absolute atomic E-state index is 0.0365. The first-order valence-electron chi connectivity index (χ1n) is 9.53. The molecule has 0 radical (unpaired) electrons. The summed E-state index contributed by atoms with van der Waals surface area (Å²) < 4.78 is 26.9. The summed E-state index contributed by atoms with van der Waals surface area (Å²) in [6, 6.07) is 15.8. The average Bonchev–Trinajstić information content (AvgIpc) is 3.25. The Labute approximate surface area is 171 Å². The van der Waals surface area contributed by atoms with Crippen molar-refractivity contribution in [3.8, 4) is 6.07 Å². The third-order valence-corrected chi connectivity index (χ3v) is 6.30. The minimum Gasteiger partial charge on any atom is -0.351 e. The van der Waals surface area contributed by atoms with Crippen molar-refractivity contribution in [1.29, 1.82) is 5.26 Å². The Kier molecular flexibility index (Phi) is 6.99. The highest BCUT2D eigenvalue weighted by Gasteiger charge is 2.19. The highest BCUT2D eigenvalue weighted by molar-refractivity contribution is 7.89. The van der Waals surface area contributed by atoms with Gasteiger partial charge in [-0.05, 0) is 49.2 Å². The van der Waals surface area contributed by atoms with Gasteiger partial charge in [0, 0.05) is 13.1 Å². The van der Waals surface area contributed by atoms with Crippen LogP contribution in [0.25, 0.3) is 0 Å². The summed E-state index contributed by atoms with van der Waals surface area (Å²) in [5.41, 5.74) is 2.22. The lowest BCUT2D eigenvalue weighted by molar-refractivity contribution is -0.120. The maximum atomic E-state index is 12.3. The van der Waals surface area contributed by atoms with E-state index in [1.807, 2.05) is 18.2 Å². The monoisotopic (exact) mass is 412 g/mol. The number of nitrogens with zero attached hydrogens (tertiary/aromatic N) is 2. The number of likely N-dealkylation sites (tertiary alicyclic amines) is 1. The molecule has 152 valence electrons. The molecule has 1 aliphatic heterocycles. The molecule has 7 nitrogen and oxygen atoms in total. The fourth-order valence-electron chi connectivity index (χ4n) is 3.26. The number of hydrogen-bond acceptors (Lipinski definition) is 5. The van der Waals surface area contributed by atoms with Gasteiger partial charge in [-0.3, -0.25) is 9.69 Å². The van der Waals surface area contributed by atoms with Gasteiger partial charge in [-0.2, -0.15) is 5.26 Å². The van der Waals surface area contributed by atoms with Gasteiger partial charge >= 0.3 is 0 Å². The predicted molar refractivity (Wildman–Crippen MR) is 109 cm³/mol. The van der Waals surface area contributed by atoms with Crippen molar-refractivity contribution in [1.82, 2.24) is 14.9 Å². The van der Waals surface area contributed by atoms with Crippen LogP contribution in [0.5, 0.6) is 0 Å². The summed E-state index contributed by atoms with van der Waals surface area (Å²) in [6.45, 7) is 3.16. The normalized spacial score (nSPS) is 14.4. The van der Waals surface area contributed by atoms with Crippen LogP contribution in [0.3, 0.4) is 0 Å². The topological polar surface area (TPSA) is 102 Å². The van der Waals surface area contributed by atoms with Crippen molar-refractivity contribution in [3.63, 3.8) is 0 Å². The molecular weight excluding hydrogens is 388 g/mol. The fraction of sp³-hybridized carbons (Fsp3) is 0.333. The number of carbonyl (C=O) groups excluding carboxylic acids is 1. The van der Waals surface area contributed by atoms with Gasteiger partial charge in [-0.25, -0.2) is 13.1 Å². The van der Waals surface area contributed by atoms with Crippen LogP contribution < -0.4 is 10.0 Å². The Balaban J connectivity index is 1.48. The van der Waals surface area contributed by atoms with Gasteiger partial charge < -0.3 is 5.32 Å². The smallest absolute Gasteiger partial charge is 0.242 e. The molecule has 0 aliphatic carbocycles. The zero-order chi connectivity index (χ0) is 20.7. The molecule has 2 aromatic carbocycles. The maximum absolute atomic E-state index is 12.3. The van der Waals surface area contributed by atoms with Crippen molar-refractivity contribution in [3.05, 3.63) is 65.2 Å². The van der Waals surface area contributed by atoms with Crippen LogP contribution in [0.1, 0.15) is 29.5 Å². The van der Waals surface area contributed by atoms with E-state index in [9.17, 15) is 13.2 Å². The van der Waals surface area contributed by atoms with E-state index in [1.165, 1.54) is 36.6 Å². The Morgan fingerprint density at radius 1 is 1.03 bits per heavy atom. The molecule has 0 bridgehead atoms. The quantitative estimate of drug-likeness (QED) is 0.688. The van der Waals surface area contributed by atoms with Gasteiger partial charge in [-0.15, -0.1) is 0 Å². The zero-order valence-corrected chi connectivity index (χ0v) is 16.9. The second-order valence-corrected chi connectivity index (χ2v) is 8.74. The number of amides is 1. The number of sulfonamides is 1. The molecule has 8 heteroatoms. The van der Waals surface area contributed by atoms with E-state index in [0.717, 1.165) is 25.2 Å². The van der Waals surface area contributed by atoms with E-state index in [4.69, 9.17) is 5.26 Å². The van der Waals surface area contributed by atoms with Crippen LogP contribution in [-0.4, -0.2) is 38.9 Å². The van der Waals surface area contributed by atoms with E-state index >= 15 is 0 Å². The predicted octanol–water partition coefficient (Wildman–Crippen LogP) is 1.75. The lowest BCUT2D eigenvalue weighted by Crippen LogP contribution is -2.36. The highest BCUT2D eigenvalue weighted by Crippen LogP contribution is 2.14. The number of nitriles is 1. The van der Waals surface area contributed by atoms with Crippen molar-refractivity contribution in [2.24, 2.45) is 0 Å². The van der Waals surface area contributed by atoms with Gasteiger partial charge in [0.25, 0.3) is 0 Å². The number of hydrogen-bond donors (Lipinski definition) is 2. The summed E-state index contributed by atoms with van der Waals surface area (Å²) in [5, 5.41) is 11.7. The van der Waals surface area contributed by atoms with Crippen molar-refractivity contribution >= 4 is 15.9 Å². The van der Waals surface area contributed by atoms with Gasteiger partial charge in [0.15, 0.2) is 0 Å². The summed E-state index contributed by atoms with van der Waals surface area (Å²) in [5.74, 6) is -0.441.